The van der Waals surface area contributed by atoms with Crippen LogP contribution in [-0.4, -0.2) is 41.9 Å². The molecule has 1 N–H and O–H groups in total. The van der Waals surface area contributed by atoms with Crippen LogP contribution in [0.25, 0.3) is 0 Å². The van der Waals surface area contributed by atoms with E-state index in [9.17, 15) is 9.59 Å². The van der Waals surface area contributed by atoms with E-state index in [1.54, 1.807) is 7.11 Å². The Labute approximate surface area is 168 Å². The molecule has 1 saturated heterocycles. The van der Waals surface area contributed by atoms with Crippen molar-refractivity contribution in [1.29, 1.82) is 0 Å². The molecule has 6 nitrogen and oxygen atoms in total. The number of hydrogen-bond acceptors (Lipinski definition) is 4. The summed E-state index contributed by atoms with van der Waals surface area (Å²) in [6.07, 6.45) is 7.37. The Bertz CT molecular complexity index is 713. The first-order valence-electron chi connectivity index (χ1n) is 10.5. The zero-order valence-corrected chi connectivity index (χ0v) is 17.4. The van der Waals surface area contributed by atoms with E-state index < -0.39 is 0 Å². The van der Waals surface area contributed by atoms with E-state index >= 15 is 0 Å². The lowest BCUT2D eigenvalue weighted by atomic mass is 9.87. The first-order chi connectivity index (χ1) is 13.5. The van der Waals surface area contributed by atoms with E-state index in [1.165, 1.54) is 32.1 Å². The molecule has 0 radical (unpaired) electrons. The van der Waals surface area contributed by atoms with Gasteiger partial charge in [0, 0.05) is 37.3 Å². The van der Waals surface area contributed by atoms with Crippen LogP contribution in [0.4, 0.5) is 0 Å². The second kappa shape index (κ2) is 9.39. The smallest absolute Gasteiger partial charge is 0.225 e. The predicted molar refractivity (Wildman–Crippen MR) is 108 cm³/mol. The summed E-state index contributed by atoms with van der Waals surface area (Å²) in [7, 11) is 1.60. The van der Waals surface area contributed by atoms with Crippen molar-refractivity contribution < 1.29 is 14.3 Å². The zero-order chi connectivity index (χ0) is 20.1. The van der Waals surface area contributed by atoms with Gasteiger partial charge in [0.05, 0.1) is 13.0 Å². The number of aryl methyl sites for hydroxylation is 2. The number of nitrogens with zero attached hydrogens (tertiary/aromatic N) is 2. The molecule has 2 heterocycles. The number of pyridine rings is 1. The standard InChI is InChI=1S/C22H33N3O3/c1-15-11-16(2)24-22(28-3)19(15)12-23-21(27)18-9-10-20(26)25(14-18)13-17-7-5-4-6-8-17/h11,17-18H,4-10,12-14H2,1-3H3,(H,23,27). The minimum Gasteiger partial charge on any atom is -0.481 e. The normalized spacial score (nSPS) is 20.9. The summed E-state index contributed by atoms with van der Waals surface area (Å²) in [6.45, 7) is 5.69. The van der Waals surface area contributed by atoms with Gasteiger partial charge in [0.15, 0.2) is 0 Å². The molecule has 2 amide bonds. The van der Waals surface area contributed by atoms with Gasteiger partial charge in [-0.1, -0.05) is 19.3 Å². The van der Waals surface area contributed by atoms with Crippen LogP contribution >= 0.6 is 0 Å². The Hall–Kier alpha value is -2.11. The SMILES string of the molecule is COc1nc(C)cc(C)c1CNC(=O)C1CCC(=O)N(CC2CCCCC2)C1. The maximum absolute atomic E-state index is 12.8. The molecule has 1 aliphatic heterocycles. The van der Waals surface area contributed by atoms with Crippen LogP contribution in [0.1, 0.15) is 61.8 Å². The van der Waals surface area contributed by atoms with Crippen molar-refractivity contribution in [3.8, 4) is 5.88 Å². The first kappa shape index (κ1) is 20.6. The Kier molecular flexibility index (Phi) is 6.92. The molecular formula is C22H33N3O3. The molecule has 6 heteroatoms. The molecule has 1 aromatic heterocycles. The van der Waals surface area contributed by atoms with Gasteiger partial charge in [0.1, 0.15) is 0 Å². The number of rotatable bonds is 6. The monoisotopic (exact) mass is 387 g/mol. The van der Waals surface area contributed by atoms with E-state index in [-0.39, 0.29) is 17.7 Å². The quantitative estimate of drug-likeness (QED) is 0.814. The molecule has 154 valence electrons. The molecule has 1 aromatic rings. The largest absolute Gasteiger partial charge is 0.481 e. The third kappa shape index (κ3) is 5.03. The molecule has 28 heavy (non-hydrogen) atoms. The number of carbonyl (C=O) groups excluding carboxylic acids is 2. The molecule has 1 aliphatic carbocycles. The lowest BCUT2D eigenvalue weighted by Gasteiger charge is -2.35. The van der Waals surface area contributed by atoms with Gasteiger partial charge < -0.3 is 15.0 Å². The number of aromatic nitrogens is 1. The highest BCUT2D eigenvalue weighted by Crippen LogP contribution is 2.27. The fourth-order valence-corrected chi connectivity index (χ4v) is 4.52. The highest BCUT2D eigenvalue weighted by atomic mass is 16.5. The zero-order valence-electron chi connectivity index (χ0n) is 17.4. The Morgan fingerprint density at radius 3 is 2.71 bits per heavy atom. The molecule has 2 fully saturated rings. The first-order valence-corrected chi connectivity index (χ1v) is 10.5. The fraction of sp³-hybridized carbons (Fsp3) is 0.682. The van der Waals surface area contributed by atoms with E-state index in [0.717, 1.165) is 23.4 Å². The lowest BCUT2D eigenvalue weighted by Crippen LogP contribution is -2.47. The molecule has 1 unspecified atom stereocenters. The number of ether oxygens (including phenoxy) is 1. The van der Waals surface area contributed by atoms with Gasteiger partial charge in [-0.15, -0.1) is 0 Å². The van der Waals surface area contributed by atoms with Crippen molar-refractivity contribution in [1.82, 2.24) is 15.2 Å². The number of methoxy groups -OCH3 is 1. The van der Waals surface area contributed by atoms with E-state index in [4.69, 9.17) is 4.74 Å². The highest BCUT2D eigenvalue weighted by Gasteiger charge is 2.31. The second-order valence-corrected chi connectivity index (χ2v) is 8.32. The van der Waals surface area contributed by atoms with Crippen molar-refractivity contribution in [2.75, 3.05) is 20.2 Å². The van der Waals surface area contributed by atoms with Crippen molar-refractivity contribution >= 4 is 11.8 Å². The molecular weight excluding hydrogens is 354 g/mol. The maximum Gasteiger partial charge on any atom is 0.225 e. The average Bonchev–Trinajstić information content (AvgIpc) is 2.69. The van der Waals surface area contributed by atoms with Crippen LogP contribution in [0.5, 0.6) is 5.88 Å². The van der Waals surface area contributed by atoms with Gasteiger partial charge in [-0.2, -0.15) is 0 Å². The molecule has 2 aliphatic rings. The molecule has 0 aromatic carbocycles. The van der Waals surface area contributed by atoms with Crippen molar-refractivity contribution in [3.63, 3.8) is 0 Å². The number of nitrogens with one attached hydrogen (secondary N) is 1. The van der Waals surface area contributed by atoms with Crippen molar-refractivity contribution in [2.24, 2.45) is 11.8 Å². The van der Waals surface area contributed by atoms with Crippen molar-refractivity contribution in [2.45, 2.75) is 65.3 Å². The second-order valence-electron chi connectivity index (χ2n) is 8.32. The Morgan fingerprint density at radius 2 is 2.00 bits per heavy atom. The number of carbonyl (C=O) groups is 2. The topological polar surface area (TPSA) is 71.5 Å². The molecule has 0 spiro atoms. The van der Waals surface area contributed by atoms with Crippen LogP contribution in [0, 0.1) is 25.7 Å². The maximum atomic E-state index is 12.8. The van der Waals surface area contributed by atoms with Gasteiger partial charge in [-0.25, -0.2) is 4.98 Å². The number of hydrogen-bond donors (Lipinski definition) is 1. The van der Waals surface area contributed by atoms with Crippen molar-refractivity contribution in [3.05, 3.63) is 22.9 Å². The van der Waals surface area contributed by atoms with Gasteiger partial charge >= 0.3 is 0 Å². The molecule has 1 atom stereocenters. The van der Waals surface area contributed by atoms with Gasteiger partial charge in [0.2, 0.25) is 17.7 Å². The minimum atomic E-state index is -0.133. The van der Waals surface area contributed by atoms with Crippen LogP contribution in [0.15, 0.2) is 6.07 Å². The van der Waals surface area contributed by atoms with Gasteiger partial charge in [-0.05, 0) is 50.7 Å². The summed E-state index contributed by atoms with van der Waals surface area (Å²) in [5.74, 6) is 1.25. The summed E-state index contributed by atoms with van der Waals surface area (Å²) < 4.78 is 5.39. The Morgan fingerprint density at radius 1 is 1.25 bits per heavy atom. The Balaban J connectivity index is 1.57. The van der Waals surface area contributed by atoms with Crippen LogP contribution in [0.3, 0.4) is 0 Å². The third-order valence-electron chi connectivity index (χ3n) is 6.14. The van der Waals surface area contributed by atoms with Crippen LogP contribution < -0.4 is 10.1 Å². The highest BCUT2D eigenvalue weighted by molar-refractivity contribution is 5.83. The predicted octanol–water partition coefficient (Wildman–Crippen LogP) is 3.14. The summed E-state index contributed by atoms with van der Waals surface area (Å²) in [5, 5.41) is 3.05. The van der Waals surface area contributed by atoms with Gasteiger partial charge in [0.25, 0.3) is 0 Å². The molecule has 0 bridgehead atoms. The fourth-order valence-electron chi connectivity index (χ4n) is 4.52. The van der Waals surface area contributed by atoms with E-state index in [0.29, 0.717) is 37.7 Å². The number of likely N-dealkylation sites (tertiary alicyclic amines) is 1. The summed E-state index contributed by atoms with van der Waals surface area (Å²) in [4.78, 5) is 31.5. The summed E-state index contributed by atoms with van der Waals surface area (Å²) >= 11 is 0. The van der Waals surface area contributed by atoms with Gasteiger partial charge in [-0.3, -0.25) is 9.59 Å². The average molecular weight is 388 g/mol. The number of piperidine rings is 1. The van der Waals surface area contributed by atoms with E-state index in [1.807, 2.05) is 24.8 Å². The van der Waals surface area contributed by atoms with Crippen LogP contribution in [-0.2, 0) is 16.1 Å². The molecule has 1 saturated carbocycles. The molecule has 3 rings (SSSR count). The lowest BCUT2D eigenvalue weighted by molar-refractivity contribution is -0.139. The summed E-state index contributed by atoms with van der Waals surface area (Å²) in [5.41, 5.74) is 2.86. The minimum absolute atomic E-state index is 0.0168. The van der Waals surface area contributed by atoms with E-state index in [2.05, 4.69) is 10.3 Å². The summed E-state index contributed by atoms with van der Waals surface area (Å²) in [6, 6.07) is 2.00. The number of amides is 2. The third-order valence-corrected chi connectivity index (χ3v) is 6.14. The van der Waals surface area contributed by atoms with Crippen LogP contribution in [0.2, 0.25) is 0 Å².